The molecular weight excluding hydrogens is 460 g/mol. The monoisotopic (exact) mass is 490 g/mol. The highest BCUT2D eigenvalue weighted by atomic mass is 32.2. The van der Waals surface area contributed by atoms with E-state index in [0.717, 1.165) is 32.1 Å². The van der Waals surface area contributed by atoms with Gasteiger partial charge in [0.2, 0.25) is 21.8 Å². The van der Waals surface area contributed by atoms with Crippen molar-refractivity contribution >= 4 is 15.9 Å². The van der Waals surface area contributed by atoms with E-state index in [1.165, 1.54) is 10.4 Å². The van der Waals surface area contributed by atoms with Crippen molar-refractivity contribution in [3.8, 4) is 11.5 Å². The maximum Gasteiger partial charge on any atom is 0.243 e. The van der Waals surface area contributed by atoms with Gasteiger partial charge in [0.1, 0.15) is 18.8 Å². The number of fused-ring (bicyclic) bond motifs is 1. The molecule has 0 atom stereocenters. The predicted molar refractivity (Wildman–Crippen MR) is 121 cm³/mol. The topological polar surface area (TPSA) is 124 Å². The summed E-state index contributed by atoms with van der Waals surface area (Å²) >= 11 is 0. The fourth-order valence-electron chi connectivity index (χ4n) is 5.08. The SMILES string of the molecule is Cc1nc(C2(NC(=O)C3CCN(S(=O)(=O)c4ccc5c(c4)OCCO5)CC3)CCCCC2)no1. The molecule has 0 unspecified atom stereocenters. The van der Waals surface area contributed by atoms with E-state index in [4.69, 9.17) is 14.0 Å². The van der Waals surface area contributed by atoms with E-state index in [2.05, 4.69) is 15.5 Å². The van der Waals surface area contributed by atoms with Crippen molar-refractivity contribution in [3.05, 3.63) is 29.9 Å². The Labute approximate surface area is 199 Å². The molecule has 10 nitrogen and oxygen atoms in total. The molecule has 3 aliphatic rings. The molecule has 1 aliphatic carbocycles. The zero-order chi connectivity index (χ0) is 23.8. The van der Waals surface area contributed by atoms with E-state index < -0.39 is 15.6 Å². The first-order chi connectivity index (χ1) is 16.4. The lowest BCUT2D eigenvalue weighted by molar-refractivity contribution is -0.129. The second-order valence-electron chi connectivity index (χ2n) is 9.25. The molecule has 1 saturated heterocycles. The smallest absolute Gasteiger partial charge is 0.243 e. The molecule has 3 heterocycles. The van der Waals surface area contributed by atoms with Crippen LogP contribution >= 0.6 is 0 Å². The van der Waals surface area contributed by atoms with Crippen LogP contribution in [0.2, 0.25) is 0 Å². The lowest BCUT2D eigenvalue weighted by atomic mass is 9.80. The number of hydrogen-bond acceptors (Lipinski definition) is 8. The fraction of sp³-hybridized carbons (Fsp3) is 0.609. The minimum atomic E-state index is -3.69. The first kappa shape index (κ1) is 23.1. The quantitative estimate of drug-likeness (QED) is 0.678. The van der Waals surface area contributed by atoms with Gasteiger partial charge in [-0.2, -0.15) is 9.29 Å². The van der Waals surface area contributed by atoms with Crippen LogP contribution in [0.15, 0.2) is 27.6 Å². The van der Waals surface area contributed by atoms with Gasteiger partial charge in [-0.25, -0.2) is 8.42 Å². The number of benzene rings is 1. The molecule has 184 valence electrons. The highest BCUT2D eigenvalue weighted by molar-refractivity contribution is 7.89. The van der Waals surface area contributed by atoms with Crippen LogP contribution < -0.4 is 14.8 Å². The van der Waals surface area contributed by atoms with Crippen molar-refractivity contribution in [1.82, 2.24) is 19.8 Å². The molecule has 1 saturated carbocycles. The molecule has 34 heavy (non-hydrogen) atoms. The normalized spacial score (nSPS) is 21.2. The van der Waals surface area contributed by atoms with Gasteiger partial charge in [0, 0.05) is 32.0 Å². The molecule has 2 fully saturated rings. The zero-order valence-electron chi connectivity index (χ0n) is 19.3. The van der Waals surface area contributed by atoms with Gasteiger partial charge >= 0.3 is 0 Å². The van der Waals surface area contributed by atoms with Gasteiger partial charge in [-0.3, -0.25) is 4.79 Å². The van der Waals surface area contributed by atoms with Gasteiger partial charge in [-0.1, -0.05) is 24.4 Å². The van der Waals surface area contributed by atoms with Gasteiger partial charge in [0.15, 0.2) is 17.3 Å². The third-order valence-corrected chi connectivity index (χ3v) is 8.90. The minimum absolute atomic E-state index is 0.0688. The first-order valence-corrected chi connectivity index (χ1v) is 13.3. The summed E-state index contributed by atoms with van der Waals surface area (Å²) in [6.45, 7) is 3.14. The lowest BCUT2D eigenvalue weighted by Crippen LogP contribution is -2.51. The highest BCUT2D eigenvalue weighted by Crippen LogP contribution is 2.37. The van der Waals surface area contributed by atoms with Gasteiger partial charge in [-0.05, 0) is 37.8 Å². The summed E-state index contributed by atoms with van der Waals surface area (Å²) in [5.74, 6) is 1.67. The number of carbonyl (C=O) groups excluding carboxylic acids is 1. The van der Waals surface area contributed by atoms with Crippen LogP contribution in [-0.2, 0) is 20.4 Å². The summed E-state index contributed by atoms with van der Waals surface area (Å²) in [4.78, 5) is 17.8. The molecule has 2 aliphatic heterocycles. The second kappa shape index (κ2) is 9.18. The molecule has 1 amide bonds. The number of piperidine rings is 1. The molecule has 1 N–H and O–H groups in total. The number of carbonyl (C=O) groups is 1. The van der Waals surface area contributed by atoms with Crippen molar-refractivity contribution in [1.29, 1.82) is 0 Å². The Morgan fingerprint density at radius 2 is 1.79 bits per heavy atom. The number of rotatable bonds is 5. The largest absolute Gasteiger partial charge is 0.486 e. The van der Waals surface area contributed by atoms with Crippen LogP contribution in [0.3, 0.4) is 0 Å². The Kier molecular flexibility index (Phi) is 6.24. The van der Waals surface area contributed by atoms with E-state index in [0.29, 0.717) is 49.3 Å². The summed E-state index contributed by atoms with van der Waals surface area (Å²) in [6, 6.07) is 4.69. The maximum absolute atomic E-state index is 13.2. The molecule has 5 rings (SSSR count). The lowest BCUT2D eigenvalue weighted by Gasteiger charge is -2.38. The number of ether oxygens (including phenoxy) is 2. The predicted octanol–water partition coefficient (Wildman–Crippen LogP) is 2.53. The molecule has 0 radical (unpaired) electrons. The van der Waals surface area contributed by atoms with Gasteiger partial charge in [-0.15, -0.1) is 0 Å². The highest BCUT2D eigenvalue weighted by Gasteiger charge is 2.42. The summed E-state index contributed by atoms with van der Waals surface area (Å²) in [5.41, 5.74) is -0.610. The maximum atomic E-state index is 13.2. The van der Waals surface area contributed by atoms with Gasteiger partial charge in [0.05, 0.1) is 4.90 Å². The number of hydrogen-bond donors (Lipinski definition) is 1. The Bertz CT molecular complexity index is 1150. The van der Waals surface area contributed by atoms with Crippen molar-refractivity contribution in [2.75, 3.05) is 26.3 Å². The average Bonchev–Trinajstić information content (AvgIpc) is 3.31. The molecule has 0 bridgehead atoms. The van der Waals surface area contributed by atoms with Crippen molar-refractivity contribution in [2.24, 2.45) is 5.92 Å². The van der Waals surface area contributed by atoms with Crippen LogP contribution in [0.25, 0.3) is 0 Å². The number of nitrogens with one attached hydrogen (secondary N) is 1. The van der Waals surface area contributed by atoms with Crippen molar-refractivity contribution < 1.29 is 27.2 Å². The molecule has 1 aromatic heterocycles. The van der Waals surface area contributed by atoms with E-state index in [1.807, 2.05) is 0 Å². The molecule has 1 aromatic carbocycles. The number of aromatic nitrogens is 2. The van der Waals surface area contributed by atoms with Crippen molar-refractivity contribution in [2.45, 2.75) is 62.3 Å². The number of nitrogens with zero attached hydrogens (tertiary/aromatic N) is 3. The van der Waals surface area contributed by atoms with E-state index in [-0.39, 0.29) is 29.8 Å². The fourth-order valence-corrected chi connectivity index (χ4v) is 6.57. The minimum Gasteiger partial charge on any atom is -0.486 e. The molecular formula is C23H30N4O6S. The first-order valence-electron chi connectivity index (χ1n) is 11.9. The Morgan fingerprint density at radius 3 is 2.47 bits per heavy atom. The van der Waals surface area contributed by atoms with Crippen molar-refractivity contribution in [3.63, 3.8) is 0 Å². The summed E-state index contributed by atoms with van der Waals surface area (Å²) in [6.07, 6.45) is 5.54. The Hall–Kier alpha value is -2.66. The second-order valence-corrected chi connectivity index (χ2v) is 11.2. The summed E-state index contributed by atoms with van der Waals surface area (Å²) in [5, 5.41) is 7.34. The van der Waals surface area contributed by atoms with Crippen LogP contribution in [0, 0.1) is 12.8 Å². The third-order valence-electron chi connectivity index (χ3n) is 7.00. The molecule has 2 aromatic rings. The molecule has 11 heteroatoms. The van der Waals surface area contributed by atoms with Crippen LogP contribution in [0.1, 0.15) is 56.7 Å². The van der Waals surface area contributed by atoms with Gasteiger partial charge < -0.3 is 19.3 Å². The summed E-state index contributed by atoms with van der Waals surface area (Å²) < 4.78 is 44.1. The average molecular weight is 491 g/mol. The number of sulfonamides is 1. The van der Waals surface area contributed by atoms with Gasteiger partial charge in [0.25, 0.3) is 0 Å². The summed E-state index contributed by atoms with van der Waals surface area (Å²) in [7, 11) is -3.69. The van der Waals surface area contributed by atoms with E-state index >= 15 is 0 Å². The Balaban J connectivity index is 1.25. The third kappa shape index (κ3) is 4.38. The standard InChI is InChI=1S/C23H30N4O6S/c1-16-24-22(26-33-16)23(9-3-2-4-10-23)25-21(28)17-7-11-27(12-8-17)34(29,30)18-5-6-19-20(15-18)32-14-13-31-19/h5-6,15,17H,2-4,7-14H2,1H3,(H,25,28). The number of amides is 1. The molecule has 0 spiro atoms. The zero-order valence-corrected chi connectivity index (χ0v) is 20.1. The van der Waals surface area contributed by atoms with E-state index in [1.54, 1.807) is 19.1 Å². The van der Waals surface area contributed by atoms with E-state index in [9.17, 15) is 13.2 Å². The Morgan fingerprint density at radius 1 is 1.09 bits per heavy atom. The number of aryl methyl sites for hydroxylation is 1. The van der Waals surface area contributed by atoms with Crippen LogP contribution in [0.4, 0.5) is 0 Å². The van der Waals surface area contributed by atoms with Crippen LogP contribution in [-0.4, -0.2) is 55.1 Å². The van der Waals surface area contributed by atoms with Crippen LogP contribution in [0.5, 0.6) is 11.5 Å².